The van der Waals surface area contributed by atoms with Crippen LogP contribution in [0.15, 0.2) is 0 Å². The number of rotatable bonds is 15. The van der Waals surface area contributed by atoms with Gasteiger partial charge < -0.3 is 4.74 Å². The van der Waals surface area contributed by atoms with Crippen LogP contribution in [0.1, 0.15) is 152 Å². The van der Waals surface area contributed by atoms with Crippen molar-refractivity contribution in [2.45, 2.75) is 103 Å². The summed E-state index contributed by atoms with van der Waals surface area (Å²) >= 11 is 0. The van der Waals surface area contributed by atoms with Crippen molar-refractivity contribution < 1.29 is 58.9 Å². The molecule has 0 aliphatic rings. The number of hydrogen-bond donors (Lipinski definition) is 0. The normalized spacial score (nSPS) is 49.4. The molecule has 2 nitrogen and oxygen atoms in total. The number of hydrogen-bond acceptors (Lipinski definition) is 2. The lowest BCUT2D eigenvalue weighted by atomic mass is 10.1. The molecule has 0 aliphatic heterocycles. The third-order valence-corrected chi connectivity index (χ3v) is 1.05. The van der Waals surface area contributed by atoms with Crippen molar-refractivity contribution in [1.29, 1.82) is 0 Å². The predicted octanol–water partition coefficient (Wildman–Crippen LogP) is 6.03. The Kier molecular flexibility index (Phi) is 1.85. The molecule has 0 aromatic rings. The van der Waals surface area contributed by atoms with Crippen LogP contribution in [-0.2, 0) is 9.53 Å². The van der Waals surface area contributed by atoms with E-state index in [0.717, 1.165) is 0 Å². The SMILES string of the molecule is [2H]C([2H])([2H])C([2H])([2H])C([2H])([2H])C([2H])([2H])C([2H])([2H])C([2H])([2H])C([2H])([2H])C([2H])([2H])C(=O)OC([2H])([2H])C([2H])([2H])C([2H])([2H])C([2H])([2H])C([2H])([2H])C([2H])([2H])C([2H])([2H])C([2H])([2H])C([2H])([2H])[2H]. The highest BCUT2D eigenvalue weighted by atomic mass is 16.5. The molecule has 0 saturated heterocycles. The highest BCUT2D eigenvalue weighted by molar-refractivity contribution is 5.69. The molecular weight excluding hydrogens is 248 g/mol. The third-order valence-electron chi connectivity index (χ3n) is 1.05. The first kappa shape index (κ1) is 2.24. The molecule has 0 atom stereocenters. The van der Waals surface area contributed by atoms with Gasteiger partial charge >= 0.3 is 5.97 Å². The minimum absolute atomic E-state index is 3.19. The van der Waals surface area contributed by atoms with Gasteiger partial charge in [0.05, 0.1) is 9.30 Å². The molecule has 0 rings (SSSR count). The Morgan fingerprint density at radius 3 is 1.90 bits per heavy atom. The minimum Gasteiger partial charge on any atom is -0.466 e. The van der Waals surface area contributed by atoms with E-state index in [9.17, 15) is 4.79 Å². The van der Waals surface area contributed by atoms with Crippen LogP contribution in [0.2, 0.25) is 0 Å². The molecule has 0 fully saturated rings. The fourth-order valence-electron chi connectivity index (χ4n) is 0.486. The van der Waals surface area contributed by atoms with Gasteiger partial charge in [-0.1, -0.05) is 83.8 Å². The van der Waals surface area contributed by atoms with Gasteiger partial charge in [-0.15, -0.1) is 0 Å². The highest BCUT2D eigenvalue weighted by Crippen LogP contribution is 2.09. The smallest absolute Gasteiger partial charge is 0.305 e. The summed E-state index contributed by atoms with van der Waals surface area (Å²) in [6, 6.07) is 0. The second-order valence-corrected chi connectivity index (χ2v) is 2.24. The van der Waals surface area contributed by atoms with Gasteiger partial charge in [-0.25, -0.2) is 0 Å². The average molecular weight is 321 g/mol. The molecule has 0 bridgehead atoms. The molecule has 0 radical (unpaired) electrons. The summed E-state index contributed by atoms with van der Waals surface area (Å²) in [5.41, 5.74) is 0. The van der Waals surface area contributed by atoms with Crippen LogP contribution in [0.4, 0.5) is 0 Å². The second-order valence-electron chi connectivity index (χ2n) is 2.24. The summed E-state index contributed by atoms with van der Waals surface area (Å²) in [5, 5.41) is 0. The lowest BCUT2D eigenvalue weighted by Gasteiger charge is -2.05. The molecule has 0 aromatic carbocycles. The van der Waals surface area contributed by atoms with Gasteiger partial charge in [0.25, 0.3) is 0 Å². The molecule has 0 aromatic heterocycles. The van der Waals surface area contributed by atoms with Gasteiger partial charge in [0.15, 0.2) is 0 Å². The highest BCUT2D eigenvalue weighted by Gasteiger charge is 2.02. The molecule has 0 unspecified atom stereocenters. The molecule has 0 amide bonds. The summed E-state index contributed by atoms with van der Waals surface area (Å²) in [6.07, 6.45) is -67.7. The Hall–Kier alpha value is -0.530. The van der Waals surface area contributed by atoms with E-state index >= 15 is 0 Å². The average Bonchev–Trinajstić information content (AvgIpc) is 2.94. The van der Waals surface area contributed by atoms with Crippen LogP contribution < -0.4 is 0 Å². The summed E-state index contributed by atoms with van der Waals surface area (Å²) in [7, 11) is 0. The first-order valence-electron chi connectivity index (χ1n) is 22.6. The zero-order valence-corrected chi connectivity index (χ0v) is 9.82. The first-order valence-corrected chi connectivity index (χ1v) is 4.61. The van der Waals surface area contributed by atoms with Crippen LogP contribution in [-0.4, -0.2) is 12.5 Å². The predicted molar refractivity (Wildman–Crippen MR) is 86.9 cm³/mol. The van der Waals surface area contributed by atoms with Crippen LogP contribution >= 0.6 is 0 Å². The number of carbonyl (C=O) groups is 1. The van der Waals surface area contributed by atoms with Crippen molar-refractivity contribution in [3.8, 4) is 0 Å². The molecule has 2 heteroatoms. The topological polar surface area (TPSA) is 26.3 Å². The van der Waals surface area contributed by atoms with Crippen molar-refractivity contribution in [3.05, 3.63) is 0 Å². The van der Waals surface area contributed by atoms with Crippen molar-refractivity contribution in [2.75, 3.05) is 6.56 Å². The fourth-order valence-corrected chi connectivity index (χ4v) is 0.486. The maximum atomic E-state index is 13.0. The van der Waals surface area contributed by atoms with E-state index in [0.29, 0.717) is 0 Å². The Morgan fingerprint density at radius 1 is 0.800 bits per heavy atom. The molecule has 0 aliphatic carbocycles. The molecule has 120 valence electrons. The molecule has 20 heavy (non-hydrogen) atoms. The summed E-state index contributed by atoms with van der Waals surface area (Å²) < 4.78 is 284. The maximum absolute atomic E-state index is 13.0. The largest absolute Gasteiger partial charge is 0.466 e. The van der Waals surface area contributed by atoms with Crippen molar-refractivity contribution in [3.63, 3.8) is 0 Å². The van der Waals surface area contributed by atoms with Crippen molar-refractivity contribution in [2.24, 2.45) is 0 Å². The van der Waals surface area contributed by atoms with Gasteiger partial charge in [-0.3, -0.25) is 4.79 Å². The van der Waals surface area contributed by atoms with Crippen LogP contribution in [0, 0.1) is 0 Å². The second kappa shape index (κ2) is 16.5. The Morgan fingerprint density at radius 2 is 1.30 bits per heavy atom. The van der Waals surface area contributed by atoms with E-state index in [1.54, 1.807) is 0 Å². The van der Waals surface area contributed by atoms with E-state index in [1.165, 1.54) is 0 Å². The van der Waals surface area contributed by atoms with Crippen LogP contribution in [0.5, 0.6) is 0 Å². The van der Waals surface area contributed by atoms with Gasteiger partial charge in [-0.2, -0.15) is 0 Å². The number of carbonyl (C=O) groups excluding carboxylic acids is 1. The summed E-state index contributed by atoms with van der Waals surface area (Å²) in [6.45, 7) is -13.2. The van der Waals surface area contributed by atoms with E-state index in [1.807, 2.05) is 0 Å². The summed E-state index contributed by atoms with van der Waals surface area (Å²) in [4.78, 5) is 13.0. The molecule has 0 saturated carbocycles. The standard InChI is InChI=1S/C18H36O2/c1-3-5-7-9-11-13-15-17-20-18(19)16-14-12-10-8-6-4-2/h3-17H2,1-2H3/i1D3,2D3,3D2,4D2,5D2,6D2,7D2,8D2,9D2,10D2,11D2,12D2,13D2,14D2,15D2,16D2,17D2. The van der Waals surface area contributed by atoms with Crippen LogP contribution in [0.25, 0.3) is 0 Å². The molecular formula is C18H36O2. The minimum atomic E-state index is -5.04. The zero-order chi connectivity index (χ0) is 46.8. The maximum Gasteiger partial charge on any atom is 0.305 e. The molecule has 0 spiro atoms. The van der Waals surface area contributed by atoms with E-state index < -0.39 is 115 Å². The number of ether oxygens (including phenoxy) is 1. The Balaban J connectivity index is 7.35. The van der Waals surface area contributed by atoms with Crippen molar-refractivity contribution in [1.82, 2.24) is 0 Å². The monoisotopic (exact) mass is 320 g/mol. The van der Waals surface area contributed by atoms with Crippen LogP contribution in [0.3, 0.4) is 0 Å². The van der Waals surface area contributed by atoms with Gasteiger partial charge in [0.2, 0.25) is 0 Å². The Labute approximate surface area is 177 Å². The fraction of sp³-hybridized carbons (Fsp3) is 0.944. The molecule has 0 N–H and O–H groups in total. The Bertz CT molecular complexity index is 1450. The van der Waals surface area contributed by atoms with E-state index in [4.69, 9.17) is 49.3 Å². The van der Waals surface area contributed by atoms with Gasteiger partial charge in [-0.05, 0) is 12.7 Å². The van der Waals surface area contributed by atoms with Gasteiger partial charge in [0.1, 0.15) is 0 Å². The zero-order valence-electron chi connectivity index (χ0n) is 45.8. The lowest BCUT2D eigenvalue weighted by molar-refractivity contribution is -0.143. The van der Waals surface area contributed by atoms with E-state index in [2.05, 4.69) is 4.74 Å². The quantitative estimate of drug-likeness (QED) is 0.344. The van der Waals surface area contributed by atoms with Crippen molar-refractivity contribution >= 4 is 5.97 Å². The third kappa shape index (κ3) is 15.5. The summed E-state index contributed by atoms with van der Waals surface area (Å²) in [5.74, 6) is -3.19. The number of esters is 1. The lowest BCUT2D eigenvalue weighted by Crippen LogP contribution is -2.05. The van der Waals surface area contributed by atoms with E-state index in [-0.39, 0.29) is 0 Å². The van der Waals surface area contributed by atoms with Gasteiger partial charge in [0, 0.05) is 53.0 Å². The molecule has 0 heterocycles. The first-order chi connectivity index (χ1) is 23.4.